The van der Waals surface area contributed by atoms with E-state index in [1.54, 1.807) is 6.07 Å². The van der Waals surface area contributed by atoms with Crippen LogP contribution in [0.5, 0.6) is 5.75 Å². The van der Waals surface area contributed by atoms with E-state index in [0.717, 1.165) is 54.5 Å². The molecule has 0 fully saturated rings. The lowest BCUT2D eigenvalue weighted by atomic mass is 9.93. The molecule has 5 heteroatoms. The zero-order chi connectivity index (χ0) is 15.3. The number of rotatable bonds is 1. The minimum atomic E-state index is -0.233. The van der Waals surface area contributed by atoms with Gasteiger partial charge in [0.05, 0.1) is 10.7 Å². The SMILES string of the molecule is CC1Cc2c(N=C3OC(=O)C4=C3CCCC4)ccc(Cl)c2O1. The third-order valence-electron chi connectivity index (χ3n) is 4.38. The van der Waals surface area contributed by atoms with E-state index in [2.05, 4.69) is 4.99 Å². The third-order valence-corrected chi connectivity index (χ3v) is 4.68. The van der Waals surface area contributed by atoms with Crippen LogP contribution in [0.15, 0.2) is 28.3 Å². The van der Waals surface area contributed by atoms with Crippen molar-refractivity contribution >= 4 is 29.2 Å². The van der Waals surface area contributed by atoms with E-state index in [1.165, 1.54) is 0 Å². The van der Waals surface area contributed by atoms with Gasteiger partial charge in [-0.3, -0.25) is 0 Å². The molecule has 0 amide bonds. The van der Waals surface area contributed by atoms with Crippen molar-refractivity contribution in [3.63, 3.8) is 0 Å². The fourth-order valence-electron chi connectivity index (χ4n) is 3.33. The summed E-state index contributed by atoms with van der Waals surface area (Å²) >= 11 is 6.19. The van der Waals surface area contributed by atoms with Crippen LogP contribution in [0.2, 0.25) is 5.02 Å². The zero-order valence-electron chi connectivity index (χ0n) is 12.3. The van der Waals surface area contributed by atoms with E-state index < -0.39 is 0 Å². The molecule has 1 aromatic carbocycles. The highest BCUT2D eigenvalue weighted by Crippen LogP contribution is 2.42. The monoisotopic (exact) mass is 317 g/mol. The molecule has 0 aromatic heterocycles. The van der Waals surface area contributed by atoms with Gasteiger partial charge in [-0.25, -0.2) is 9.79 Å². The van der Waals surface area contributed by atoms with Gasteiger partial charge in [0.15, 0.2) is 0 Å². The van der Waals surface area contributed by atoms with E-state index >= 15 is 0 Å². The molecular weight excluding hydrogens is 302 g/mol. The van der Waals surface area contributed by atoms with Crippen LogP contribution in [0.3, 0.4) is 0 Å². The second-order valence-electron chi connectivity index (χ2n) is 5.98. The highest BCUT2D eigenvalue weighted by atomic mass is 35.5. The fraction of sp³-hybridized carbons (Fsp3) is 0.412. The number of hydrogen-bond acceptors (Lipinski definition) is 4. The summed E-state index contributed by atoms with van der Waals surface area (Å²) in [6, 6.07) is 3.65. The molecule has 0 bridgehead atoms. The molecule has 3 aliphatic rings. The first-order chi connectivity index (χ1) is 10.6. The van der Waals surface area contributed by atoms with Crippen molar-refractivity contribution < 1.29 is 14.3 Å². The minimum absolute atomic E-state index is 0.0874. The lowest BCUT2D eigenvalue weighted by Crippen LogP contribution is -2.05. The predicted molar refractivity (Wildman–Crippen MR) is 83.9 cm³/mol. The minimum Gasteiger partial charge on any atom is -0.488 e. The van der Waals surface area contributed by atoms with Gasteiger partial charge < -0.3 is 9.47 Å². The molecule has 0 spiro atoms. The number of hydrogen-bond donors (Lipinski definition) is 0. The van der Waals surface area contributed by atoms with Crippen LogP contribution in [0.4, 0.5) is 5.69 Å². The Labute approximate surface area is 133 Å². The Kier molecular flexibility index (Phi) is 3.22. The number of esters is 1. The van der Waals surface area contributed by atoms with Crippen LogP contribution in [0.25, 0.3) is 0 Å². The summed E-state index contributed by atoms with van der Waals surface area (Å²) in [6.07, 6.45) is 4.64. The summed E-state index contributed by atoms with van der Waals surface area (Å²) in [6.45, 7) is 2.00. The molecule has 114 valence electrons. The fourth-order valence-corrected chi connectivity index (χ4v) is 3.55. The first-order valence-corrected chi connectivity index (χ1v) is 8.02. The first-order valence-electron chi connectivity index (χ1n) is 7.65. The van der Waals surface area contributed by atoms with Crippen molar-refractivity contribution in [1.29, 1.82) is 0 Å². The molecular formula is C17H16ClNO3. The Bertz CT molecular complexity index is 736. The Morgan fingerprint density at radius 3 is 2.82 bits per heavy atom. The zero-order valence-corrected chi connectivity index (χ0v) is 13.1. The molecule has 0 N–H and O–H groups in total. The van der Waals surface area contributed by atoms with Crippen LogP contribution in [0.1, 0.15) is 38.2 Å². The van der Waals surface area contributed by atoms with Crippen molar-refractivity contribution in [3.05, 3.63) is 33.9 Å². The van der Waals surface area contributed by atoms with E-state index in [-0.39, 0.29) is 12.1 Å². The molecule has 2 heterocycles. The Morgan fingerprint density at radius 1 is 1.23 bits per heavy atom. The van der Waals surface area contributed by atoms with Gasteiger partial charge in [-0.15, -0.1) is 0 Å². The number of benzene rings is 1. The predicted octanol–water partition coefficient (Wildman–Crippen LogP) is 4.12. The van der Waals surface area contributed by atoms with Crippen molar-refractivity contribution in [2.45, 2.75) is 45.1 Å². The normalized spacial score (nSPS) is 25.1. The number of aliphatic imine (C=N–C) groups is 1. The number of halogens is 1. The van der Waals surface area contributed by atoms with Crippen LogP contribution < -0.4 is 4.74 Å². The van der Waals surface area contributed by atoms with Crippen LogP contribution >= 0.6 is 11.6 Å². The van der Waals surface area contributed by atoms with Crippen LogP contribution in [-0.2, 0) is 16.0 Å². The van der Waals surface area contributed by atoms with Gasteiger partial charge in [0.1, 0.15) is 11.9 Å². The summed E-state index contributed by atoms with van der Waals surface area (Å²) in [5.74, 6) is 0.936. The Balaban J connectivity index is 1.77. The molecule has 4 rings (SSSR count). The molecule has 0 saturated heterocycles. The van der Waals surface area contributed by atoms with E-state index in [9.17, 15) is 4.79 Å². The van der Waals surface area contributed by atoms with Crippen molar-refractivity contribution in [1.82, 2.24) is 0 Å². The van der Waals surface area contributed by atoms with Crippen molar-refractivity contribution in [2.24, 2.45) is 4.99 Å². The summed E-state index contributed by atoms with van der Waals surface area (Å²) < 4.78 is 11.1. The van der Waals surface area contributed by atoms with Gasteiger partial charge in [0.2, 0.25) is 5.90 Å². The number of carbonyl (C=O) groups is 1. The standard InChI is InChI=1S/C17H16ClNO3/c1-9-8-12-14(7-6-13(18)15(12)21-9)19-16-10-4-2-3-5-11(10)17(20)22-16/h6-7,9H,2-5,8H2,1H3. The van der Waals surface area contributed by atoms with E-state index in [0.29, 0.717) is 16.7 Å². The third kappa shape index (κ3) is 2.13. The number of cyclic esters (lactones) is 1. The molecule has 0 radical (unpaired) electrons. The molecule has 1 aromatic rings. The average Bonchev–Trinajstić information content (AvgIpc) is 3.05. The average molecular weight is 318 g/mol. The Morgan fingerprint density at radius 2 is 2.00 bits per heavy atom. The van der Waals surface area contributed by atoms with Crippen molar-refractivity contribution in [3.8, 4) is 5.75 Å². The summed E-state index contributed by atoms with van der Waals surface area (Å²) in [7, 11) is 0. The van der Waals surface area contributed by atoms with Gasteiger partial charge in [-0.1, -0.05) is 11.6 Å². The second-order valence-corrected chi connectivity index (χ2v) is 6.38. The van der Waals surface area contributed by atoms with Crippen molar-refractivity contribution in [2.75, 3.05) is 0 Å². The smallest absolute Gasteiger partial charge is 0.341 e. The summed E-state index contributed by atoms with van der Waals surface area (Å²) in [5, 5.41) is 0.601. The number of carbonyl (C=O) groups excluding carboxylic acids is 1. The quantitative estimate of drug-likeness (QED) is 0.732. The maximum atomic E-state index is 11.9. The highest BCUT2D eigenvalue weighted by molar-refractivity contribution is 6.32. The van der Waals surface area contributed by atoms with Gasteiger partial charge in [-0.05, 0) is 44.7 Å². The van der Waals surface area contributed by atoms with Gasteiger partial charge >= 0.3 is 5.97 Å². The molecule has 1 aliphatic carbocycles. The largest absolute Gasteiger partial charge is 0.488 e. The molecule has 2 aliphatic heterocycles. The maximum absolute atomic E-state index is 11.9. The van der Waals surface area contributed by atoms with E-state index in [1.807, 2.05) is 13.0 Å². The van der Waals surface area contributed by atoms with E-state index in [4.69, 9.17) is 21.1 Å². The molecule has 1 atom stereocenters. The number of ether oxygens (including phenoxy) is 2. The lowest BCUT2D eigenvalue weighted by molar-refractivity contribution is -0.130. The topological polar surface area (TPSA) is 47.9 Å². The molecule has 22 heavy (non-hydrogen) atoms. The molecule has 0 saturated carbocycles. The second kappa shape index (κ2) is 5.13. The lowest BCUT2D eigenvalue weighted by Gasteiger charge is -2.10. The first kappa shape index (κ1) is 13.8. The molecule has 4 nitrogen and oxygen atoms in total. The van der Waals surface area contributed by atoms with Gasteiger partial charge in [-0.2, -0.15) is 0 Å². The van der Waals surface area contributed by atoms with Crippen LogP contribution in [0, 0.1) is 0 Å². The van der Waals surface area contributed by atoms with Gasteiger partial charge in [0, 0.05) is 23.1 Å². The summed E-state index contributed by atoms with van der Waals surface area (Å²) in [5.41, 5.74) is 3.56. The number of nitrogens with zero attached hydrogens (tertiary/aromatic N) is 1. The number of fused-ring (bicyclic) bond motifs is 1. The maximum Gasteiger partial charge on any atom is 0.341 e. The highest BCUT2D eigenvalue weighted by Gasteiger charge is 2.33. The Hall–Kier alpha value is -1.81. The molecule has 1 unspecified atom stereocenters. The van der Waals surface area contributed by atoms with Crippen LogP contribution in [-0.4, -0.2) is 18.0 Å². The summed E-state index contributed by atoms with van der Waals surface area (Å²) in [4.78, 5) is 16.6. The van der Waals surface area contributed by atoms with Gasteiger partial charge in [0.25, 0.3) is 0 Å².